The van der Waals surface area contributed by atoms with Crippen LogP contribution in [-0.2, 0) is 21.7 Å². The standard InChI is InChI=1S/C51H53NO/c1-47(2,3)31-19-24-44-38(27-31)37-16-14-18-43(46(37)53-44)52(33-20-22-36-35-15-12-13-17-39(35)49(7,8)41(36)29-33)34-21-23-40-42(30-34)50(9,10)45-28-32(48(4,5)6)25-26-51(40,45)11/h12-30,45H,1-11H3. The Morgan fingerprint density at radius 2 is 1.30 bits per heavy atom. The number of hydrogen-bond acceptors (Lipinski definition) is 2. The van der Waals surface area contributed by atoms with E-state index in [0.29, 0.717) is 5.92 Å². The largest absolute Gasteiger partial charge is 0.454 e. The molecule has 2 heteroatoms. The zero-order valence-corrected chi connectivity index (χ0v) is 33.4. The predicted octanol–water partition coefficient (Wildman–Crippen LogP) is 14.4. The number of fused-ring (bicyclic) bond motifs is 9. The van der Waals surface area contributed by atoms with Crippen molar-refractivity contribution in [3.05, 3.63) is 149 Å². The first-order chi connectivity index (χ1) is 24.9. The minimum atomic E-state index is -0.115. The van der Waals surface area contributed by atoms with E-state index in [1.165, 1.54) is 49.9 Å². The van der Waals surface area contributed by atoms with Crippen molar-refractivity contribution in [1.29, 1.82) is 0 Å². The van der Waals surface area contributed by atoms with Crippen LogP contribution in [0.25, 0.3) is 33.1 Å². The molecule has 0 spiro atoms. The average Bonchev–Trinajstić information content (AvgIpc) is 3.65. The highest BCUT2D eigenvalue weighted by Crippen LogP contribution is 2.59. The number of hydrogen-bond donors (Lipinski definition) is 0. The van der Waals surface area contributed by atoms with Gasteiger partial charge in [0.05, 0.1) is 5.69 Å². The molecule has 0 N–H and O–H groups in total. The van der Waals surface area contributed by atoms with Crippen molar-refractivity contribution in [2.75, 3.05) is 4.90 Å². The minimum absolute atomic E-state index is 0.0410. The fourth-order valence-electron chi connectivity index (χ4n) is 10.0. The summed E-state index contributed by atoms with van der Waals surface area (Å²) >= 11 is 0. The molecule has 0 saturated carbocycles. The van der Waals surface area contributed by atoms with Crippen molar-refractivity contribution in [3.63, 3.8) is 0 Å². The topological polar surface area (TPSA) is 16.4 Å². The molecule has 0 bridgehead atoms. The predicted molar refractivity (Wildman–Crippen MR) is 225 cm³/mol. The Kier molecular flexibility index (Phi) is 6.97. The van der Waals surface area contributed by atoms with Crippen LogP contribution in [0.3, 0.4) is 0 Å². The lowest BCUT2D eigenvalue weighted by atomic mass is 9.64. The quantitative estimate of drug-likeness (QED) is 0.183. The van der Waals surface area contributed by atoms with E-state index in [1.807, 2.05) is 0 Å². The summed E-state index contributed by atoms with van der Waals surface area (Å²) in [7, 11) is 0. The Bertz CT molecular complexity index is 2560. The molecule has 9 rings (SSSR count). The number of para-hydroxylation sites is 1. The number of nitrogens with zero attached hydrogens (tertiary/aromatic N) is 1. The van der Waals surface area contributed by atoms with Gasteiger partial charge in [-0.2, -0.15) is 0 Å². The van der Waals surface area contributed by atoms with Crippen molar-refractivity contribution in [3.8, 4) is 11.1 Å². The molecule has 2 unspecified atom stereocenters. The number of benzene rings is 5. The van der Waals surface area contributed by atoms with E-state index in [4.69, 9.17) is 4.42 Å². The summed E-state index contributed by atoms with van der Waals surface area (Å²) in [6.07, 6.45) is 7.46. The van der Waals surface area contributed by atoms with E-state index in [0.717, 1.165) is 33.6 Å². The molecule has 3 aliphatic carbocycles. The Morgan fingerprint density at radius 1 is 0.604 bits per heavy atom. The van der Waals surface area contributed by atoms with Gasteiger partial charge in [-0.25, -0.2) is 0 Å². The van der Waals surface area contributed by atoms with Crippen LogP contribution in [0, 0.1) is 11.3 Å². The molecule has 2 atom stereocenters. The van der Waals surface area contributed by atoms with Gasteiger partial charge in [-0.1, -0.05) is 149 Å². The van der Waals surface area contributed by atoms with Crippen LogP contribution < -0.4 is 4.90 Å². The van der Waals surface area contributed by atoms with Gasteiger partial charge in [0, 0.05) is 33.0 Å². The summed E-state index contributed by atoms with van der Waals surface area (Å²) < 4.78 is 6.87. The first-order valence-electron chi connectivity index (χ1n) is 19.5. The number of anilines is 3. The van der Waals surface area contributed by atoms with E-state index in [1.54, 1.807) is 0 Å². The van der Waals surface area contributed by atoms with Crippen molar-refractivity contribution in [2.45, 2.75) is 97.8 Å². The summed E-state index contributed by atoms with van der Waals surface area (Å²) in [5, 5.41) is 2.31. The third-order valence-electron chi connectivity index (χ3n) is 13.2. The van der Waals surface area contributed by atoms with Gasteiger partial charge < -0.3 is 9.32 Å². The summed E-state index contributed by atoms with van der Waals surface area (Å²) in [5.41, 5.74) is 16.1. The molecular formula is C51H53NO. The van der Waals surface area contributed by atoms with Crippen LogP contribution in [0.15, 0.2) is 125 Å². The Balaban J connectivity index is 1.27. The van der Waals surface area contributed by atoms with Gasteiger partial charge in [0.15, 0.2) is 5.58 Å². The van der Waals surface area contributed by atoms with Gasteiger partial charge in [-0.15, -0.1) is 0 Å². The Labute approximate surface area is 316 Å². The van der Waals surface area contributed by atoms with Gasteiger partial charge in [-0.3, -0.25) is 0 Å². The normalized spacial score (nSPS) is 21.0. The van der Waals surface area contributed by atoms with Crippen LogP contribution in [0.5, 0.6) is 0 Å². The SMILES string of the molecule is CC(C)(C)C1=CC2C(C)(C)c3cc(N(c4ccc5c(c4)C(C)(C)c4ccccc4-5)c4cccc5c4oc4ccc(C(C)(C)C)cc45)ccc3C2(C)C=C1. The fraction of sp³-hybridized carbons (Fsp3) is 0.333. The maximum absolute atomic E-state index is 6.87. The lowest BCUT2D eigenvalue weighted by Gasteiger charge is -2.39. The summed E-state index contributed by atoms with van der Waals surface area (Å²) in [4.78, 5) is 2.46. The minimum Gasteiger partial charge on any atom is -0.454 e. The fourth-order valence-corrected chi connectivity index (χ4v) is 10.0. The maximum atomic E-state index is 6.87. The zero-order valence-electron chi connectivity index (χ0n) is 33.4. The molecule has 3 aliphatic rings. The second-order valence-corrected chi connectivity index (χ2v) is 19.4. The van der Waals surface area contributed by atoms with Crippen molar-refractivity contribution in [1.82, 2.24) is 0 Å². The second kappa shape index (κ2) is 10.9. The van der Waals surface area contributed by atoms with Gasteiger partial charge in [0.2, 0.25) is 0 Å². The Morgan fingerprint density at radius 3 is 2.04 bits per heavy atom. The van der Waals surface area contributed by atoms with Gasteiger partial charge in [0.1, 0.15) is 5.58 Å². The van der Waals surface area contributed by atoms with Crippen LogP contribution in [0.2, 0.25) is 0 Å². The lowest BCUT2D eigenvalue weighted by Crippen LogP contribution is -2.35. The summed E-state index contributed by atoms with van der Waals surface area (Å²) in [6.45, 7) is 25.9. The molecule has 53 heavy (non-hydrogen) atoms. The summed E-state index contributed by atoms with van der Waals surface area (Å²) in [6, 6.07) is 36.6. The first-order valence-corrected chi connectivity index (χ1v) is 19.5. The van der Waals surface area contributed by atoms with Crippen LogP contribution in [0.4, 0.5) is 17.1 Å². The van der Waals surface area contributed by atoms with E-state index in [-0.39, 0.29) is 27.1 Å². The third-order valence-corrected chi connectivity index (χ3v) is 13.2. The second-order valence-electron chi connectivity index (χ2n) is 19.4. The number of rotatable bonds is 3. The van der Waals surface area contributed by atoms with Crippen molar-refractivity contribution < 1.29 is 4.42 Å². The van der Waals surface area contributed by atoms with Gasteiger partial charge in [-0.05, 0) is 109 Å². The highest BCUT2D eigenvalue weighted by Gasteiger charge is 2.53. The van der Waals surface area contributed by atoms with Crippen molar-refractivity contribution >= 4 is 39.0 Å². The van der Waals surface area contributed by atoms with Crippen LogP contribution >= 0.6 is 0 Å². The first kappa shape index (κ1) is 34.0. The smallest absolute Gasteiger partial charge is 0.159 e. The number of allylic oxidation sites excluding steroid dienone is 4. The molecule has 0 aliphatic heterocycles. The summed E-state index contributed by atoms with van der Waals surface area (Å²) in [5.74, 6) is 0.364. The van der Waals surface area contributed by atoms with Gasteiger partial charge >= 0.3 is 0 Å². The molecule has 6 aromatic rings. The number of furan rings is 1. The van der Waals surface area contributed by atoms with Crippen LogP contribution in [0.1, 0.15) is 104 Å². The average molecular weight is 696 g/mol. The van der Waals surface area contributed by atoms with Gasteiger partial charge in [0.25, 0.3) is 0 Å². The zero-order chi connectivity index (χ0) is 37.5. The monoisotopic (exact) mass is 695 g/mol. The molecule has 2 nitrogen and oxygen atoms in total. The van der Waals surface area contributed by atoms with E-state index in [2.05, 4.69) is 196 Å². The molecule has 0 radical (unpaired) electrons. The molecule has 0 saturated heterocycles. The maximum Gasteiger partial charge on any atom is 0.159 e. The Hall–Kier alpha value is -4.82. The molecule has 5 aromatic carbocycles. The van der Waals surface area contributed by atoms with E-state index < -0.39 is 0 Å². The van der Waals surface area contributed by atoms with Crippen LogP contribution in [-0.4, -0.2) is 0 Å². The molecule has 1 aromatic heterocycles. The molecule has 268 valence electrons. The van der Waals surface area contributed by atoms with E-state index >= 15 is 0 Å². The third kappa shape index (κ3) is 4.83. The lowest BCUT2D eigenvalue weighted by molar-refractivity contribution is 0.316. The highest BCUT2D eigenvalue weighted by molar-refractivity contribution is 6.10. The van der Waals surface area contributed by atoms with Crippen molar-refractivity contribution in [2.24, 2.45) is 11.3 Å². The van der Waals surface area contributed by atoms with E-state index in [9.17, 15) is 0 Å². The highest BCUT2D eigenvalue weighted by atomic mass is 16.3. The molecule has 0 fully saturated rings. The molecule has 1 heterocycles. The molecular weight excluding hydrogens is 643 g/mol. The molecule has 0 amide bonds.